The second kappa shape index (κ2) is 11.4. The number of benzene rings is 1. The zero-order valence-electron chi connectivity index (χ0n) is 23.3. The molecule has 1 fully saturated rings. The van der Waals surface area contributed by atoms with Crippen molar-refractivity contribution in [3.8, 4) is 17.1 Å². The highest BCUT2D eigenvalue weighted by molar-refractivity contribution is 7.89. The Morgan fingerprint density at radius 2 is 1.82 bits per heavy atom. The Kier molecular flexibility index (Phi) is 9.12. The third-order valence-corrected chi connectivity index (χ3v) is 9.82. The second-order valence-corrected chi connectivity index (χ2v) is 12.1. The highest BCUT2D eigenvalue weighted by Crippen LogP contribution is 2.33. The van der Waals surface area contributed by atoms with Crippen LogP contribution in [0.4, 0.5) is 0 Å². The predicted molar refractivity (Wildman–Crippen MR) is 143 cm³/mol. The molecule has 1 aliphatic heterocycles. The van der Waals surface area contributed by atoms with Crippen LogP contribution in [-0.2, 0) is 16.4 Å². The van der Waals surface area contributed by atoms with Gasteiger partial charge < -0.3 is 31.2 Å². The SMILES string of the molecule is CCCc1nc(C)c2c(=O)[nH]c(-c3cc(S(=O)(=O)N4C[C@@H](C)[N+](C)(CC)[C@@H](C)C4)ccc3OCC)nn12.[Br-]. The number of H-pyrrole nitrogens is 1. The van der Waals surface area contributed by atoms with Gasteiger partial charge in [0, 0.05) is 6.42 Å². The first-order chi connectivity index (χ1) is 17.5. The highest BCUT2D eigenvalue weighted by Gasteiger charge is 2.44. The summed E-state index contributed by atoms with van der Waals surface area (Å²) < 4.78 is 37.4. The van der Waals surface area contributed by atoms with Gasteiger partial charge in [-0.3, -0.25) is 4.79 Å². The first-order valence-electron chi connectivity index (χ1n) is 13.1. The van der Waals surface area contributed by atoms with Gasteiger partial charge in [0.2, 0.25) is 10.0 Å². The van der Waals surface area contributed by atoms with Gasteiger partial charge in [0.1, 0.15) is 23.7 Å². The molecule has 10 nitrogen and oxygen atoms in total. The number of nitrogens with one attached hydrogen (secondary N) is 1. The third-order valence-electron chi connectivity index (χ3n) is 7.99. The summed E-state index contributed by atoms with van der Waals surface area (Å²) in [4.78, 5) is 20.6. The van der Waals surface area contributed by atoms with E-state index in [0.717, 1.165) is 17.4 Å². The maximum absolute atomic E-state index is 13.8. The fourth-order valence-corrected chi connectivity index (χ4v) is 6.95. The van der Waals surface area contributed by atoms with E-state index in [1.807, 2.05) is 13.8 Å². The van der Waals surface area contributed by atoms with E-state index in [-0.39, 0.29) is 45.3 Å². The number of aromatic nitrogens is 4. The van der Waals surface area contributed by atoms with Crippen LogP contribution in [0.15, 0.2) is 27.9 Å². The minimum absolute atomic E-state index is 0. The van der Waals surface area contributed by atoms with E-state index in [2.05, 4.69) is 42.9 Å². The van der Waals surface area contributed by atoms with Gasteiger partial charge in [-0.15, -0.1) is 5.10 Å². The van der Waals surface area contributed by atoms with Gasteiger partial charge in [-0.2, -0.15) is 4.31 Å². The molecule has 210 valence electrons. The van der Waals surface area contributed by atoms with E-state index in [1.54, 1.807) is 33.9 Å². The first-order valence-corrected chi connectivity index (χ1v) is 14.5. The Labute approximate surface area is 235 Å². The summed E-state index contributed by atoms with van der Waals surface area (Å²) in [6.45, 7) is 14.2. The van der Waals surface area contributed by atoms with Crippen LogP contribution in [0.25, 0.3) is 16.9 Å². The summed E-state index contributed by atoms with van der Waals surface area (Å²) in [5.74, 6) is 1.38. The van der Waals surface area contributed by atoms with Gasteiger partial charge in [0.15, 0.2) is 11.3 Å². The van der Waals surface area contributed by atoms with Crippen LogP contribution >= 0.6 is 0 Å². The maximum Gasteiger partial charge on any atom is 0.277 e. The molecule has 2 aromatic heterocycles. The average Bonchev–Trinajstić information content (AvgIpc) is 3.18. The van der Waals surface area contributed by atoms with E-state index < -0.39 is 10.0 Å². The molecule has 1 aliphatic rings. The van der Waals surface area contributed by atoms with Crippen LogP contribution in [0.5, 0.6) is 5.75 Å². The number of likely N-dealkylation sites (N-methyl/N-ethyl adjacent to an activating group) is 1. The number of aromatic amines is 1. The summed E-state index contributed by atoms with van der Waals surface area (Å²) in [5, 5.41) is 4.69. The van der Waals surface area contributed by atoms with E-state index in [9.17, 15) is 13.2 Å². The number of ether oxygens (including phenoxy) is 1. The van der Waals surface area contributed by atoms with Gasteiger partial charge in [-0.1, -0.05) is 6.92 Å². The molecule has 0 spiro atoms. The number of piperazine rings is 1. The number of quaternary nitrogens is 1. The summed E-state index contributed by atoms with van der Waals surface area (Å²) >= 11 is 0. The Bertz CT molecular complexity index is 1460. The number of hydrogen-bond acceptors (Lipinski definition) is 6. The lowest BCUT2D eigenvalue weighted by molar-refractivity contribution is -0.955. The van der Waals surface area contributed by atoms with Crippen molar-refractivity contribution in [1.82, 2.24) is 23.9 Å². The molecule has 4 rings (SSSR count). The van der Waals surface area contributed by atoms with Crippen LogP contribution in [0.3, 0.4) is 0 Å². The predicted octanol–water partition coefficient (Wildman–Crippen LogP) is -0.00398. The molecule has 0 aliphatic carbocycles. The van der Waals surface area contributed by atoms with Crippen LogP contribution in [0, 0.1) is 6.92 Å². The number of sulfonamides is 1. The van der Waals surface area contributed by atoms with Gasteiger partial charge >= 0.3 is 0 Å². The van der Waals surface area contributed by atoms with Crippen molar-refractivity contribution in [2.45, 2.75) is 71.4 Å². The molecule has 1 saturated heterocycles. The quantitative estimate of drug-likeness (QED) is 0.360. The van der Waals surface area contributed by atoms with Crippen molar-refractivity contribution >= 4 is 15.5 Å². The standard InChI is InChI=1S/C26H38N6O4S.BrH/c1-8-11-23-27-19(6)24-26(33)28-25(29-31(23)24)21-14-20(12-13-22(21)36-10-3)37(34,35)30-15-17(4)32(7,9-2)18(5)16-30;/h12-14,17-18H,8-11,15-16H2,1-7H3;1H/t17-,18+,32?;. The van der Waals surface area contributed by atoms with Crippen molar-refractivity contribution in [2.75, 3.05) is 33.3 Å². The highest BCUT2D eigenvalue weighted by atomic mass is 79.9. The molecule has 0 saturated carbocycles. The molecule has 3 atom stereocenters. The lowest BCUT2D eigenvalue weighted by Gasteiger charge is -2.50. The lowest BCUT2D eigenvalue weighted by atomic mass is 10.1. The maximum atomic E-state index is 13.8. The molecule has 1 aromatic carbocycles. The van der Waals surface area contributed by atoms with Crippen molar-refractivity contribution in [2.24, 2.45) is 0 Å². The average molecular weight is 612 g/mol. The molecule has 1 unspecified atom stereocenters. The van der Waals surface area contributed by atoms with Crippen molar-refractivity contribution < 1.29 is 34.6 Å². The van der Waals surface area contributed by atoms with E-state index in [1.165, 1.54) is 0 Å². The molecule has 0 bridgehead atoms. The van der Waals surface area contributed by atoms with Crippen LogP contribution in [-0.4, -0.2) is 82.2 Å². The zero-order valence-corrected chi connectivity index (χ0v) is 25.7. The Morgan fingerprint density at radius 1 is 1.16 bits per heavy atom. The third kappa shape index (κ3) is 5.15. The summed E-state index contributed by atoms with van der Waals surface area (Å²) in [7, 11) is -1.59. The summed E-state index contributed by atoms with van der Waals surface area (Å²) in [6.07, 6.45) is 1.51. The molecule has 3 aromatic rings. The minimum atomic E-state index is -3.78. The number of rotatable bonds is 8. The number of fused-ring (bicyclic) bond motifs is 1. The van der Waals surface area contributed by atoms with Crippen LogP contribution in [0.1, 0.15) is 52.6 Å². The Balaban J connectivity index is 0.00000400. The fourth-order valence-electron chi connectivity index (χ4n) is 5.32. The molecular weight excluding hydrogens is 572 g/mol. The molecule has 38 heavy (non-hydrogen) atoms. The minimum Gasteiger partial charge on any atom is -1.00 e. The Morgan fingerprint density at radius 3 is 2.39 bits per heavy atom. The molecule has 0 amide bonds. The van der Waals surface area contributed by atoms with Crippen LogP contribution < -0.4 is 27.3 Å². The van der Waals surface area contributed by atoms with Gasteiger partial charge in [0.05, 0.1) is 49.4 Å². The fraction of sp³-hybridized carbons (Fsp3) is 0.577. The number of hydrogen-bond donors (Lipinski definition) is 1. The lowest BCUT2D eigenvalue weighted by Crippen LogP contribution is -3.00. The molecule has 3 heterocycles. The molecule has 1 N–H and O–H groups in total. The topological polar surface area (TPSA) is 110 Å². The molecule has 0 radical (unpaired) electrons. The zero-order chi connectivity index (χ0) is 27.1. The summed E-state index contributed by atoms with van der Waals surface area (Å²) in [5.41, 5.74) is 1.09. The van der Waals surface area contributed by atoms with E-state index in [0.29, 0.717) is 54.5 Å². The van der Waals surface area contributed by atoms with Crippen LogP contribution in [0.2, 0.25) is 0 Å². The number of nitrogens with zero attached hydrogens (tertiary/aromatic N) is 5. The van der Waals surface area contributed by atoms with Gasteiger partial charge in [-0.25, -0.2) is 17.9 Å². The van der Waals surface area contributed by atoms with Crippen molar-refractivity contribution in [1.29, 1.82) is 0 Å². The normalized spacial score (nSPS) is 22.4. The smallest absolute Gasteiger partial charge is 0.277 e. The second-order valence-electron chi connectivity index (χ2n) is 10.2. The van der Waals surface area contributed by atoms with Crippen molar-refractivity contribution in [3.05, 3.63) is 40.1 Å². The largest absolute Gasteiger partial charge is 1.00 e. The Hall–Kier alpha value is -2.28. The van der Waals surface area contributed by atoms with Gasteiger partial charge in [0.25, 0.3) is 5.56 Å². The molecular formula is C26H39BrN6O4S. The van der Waals surface area contributed by atoms with Gasteiger partial charge in [-0.05, 0) is 59.2 Å². The van der Waals surface area contributed by atoms with E-state index >= 15 is 0 Å². The number of halogens is 1. The number of imidazole rings is 1. The molecule has 12 heteroatoms. The summed E-state index contributed by atoms with van der Waals surface area (Å²) in [6, 6.07) is 5.10. The van der Waals surface area contributed by atoms with E-state index in [4.69, 9.17) is 4.74 Å². The monoisotopic (exact) mass is 610 g/mol. The van der Waals surface area contributed by atoms with Crippen molar-refractivity contribution in [3.63, 3.8) is 0 Å². The number of aryl methyl sites for hydroxylation is 2. The first kappa shape index (κ1) is 30.3.